The Kier molecular flexibility index (Phi) is 10.1. The molecular weight excluding hydrogens is 369 g/mol. The number of phenolic OH excluding ortho intramolecular Hbond substituents is 1. The number of nitrogens with one attached hydrogen (secondary N) is 1. The largest absolute Gasteiger partial charge is 0.500 e. The van der Waals surface area contributed by atoms with Crippen molar-refractivity contribution in [3.63, 3.8) is 0 Å². The zero-order valence-corrected chi connectivity index (χ0v) is 16.4. The van der Waals surface area contributed by atoms with Gasteiger partial charge in [0, 0.05) is 38.3 Å². The van der Waals surface area contributed by atoms with Crippen LogP contribution in [0.25, 0.3) is 0 Å². The number of piperazine rings is 1. The van der Waals surface area contributed by atoms with Crippen LogP contribution in [0.3, 0.4) is 0 Å². The van der Waals surface area contributed by atoms with E-state index in [4.69, 9.17) is 4.74 Å². The Morgan fingerprint density at radius 2 is 1.92 bits per heavy atom. The third-order valence-electron chi connectivity index (χ3n) is 4.17. The Hall–Kier alpha value is -1.28. The Bertz CT molecular complexity index is 567. The lowest BCUT2D eigenvalue weighted by Gasteiger charge is -2.36. The zero-order chi connectivity index (χ0) is 17.0. The number of benzene rings is 1. The lowest BCUT2D eigenvalue weighted by molar-refractivity contribution is -0.386. The fourth-order valence-electron chi connectivity index (χ4n) is 3.04. The molecule has 0 bridgehead atoms. The van der Waals surface area contributed by atoms with E-state index in [0.29, 0.717) is 5.92 Å². The molecule has 1 heterocycles. The van der Waals surface area contributed by atoms with Crippen molar-refractivity contribution >= 4 is 30.5 Å². The van der Waals surface area contributed by atoms with Crippen LogP contribution >= 0.6 is 24.8 Å². The molecule has 0 aliphatic carbocycles. The Balaban J connectivity index is 0.00000288. The van der Waals surface area contributed by atoms with Crippen LogP contribution in [-0.2, 0) is 0 Å². The van der Waals surface area contributed by atoms with Gasteiger partial charge in [-0.1, -0.05) is 13.8 Å². The molecule has 25 heavy (non-hydrogen) atoms. The van der Waals surface area contributed by atoms with E-state index in [1.165, 1.54) is 13.2 Å². The number of nitrogens with zero attached hydrogens (tertiary/aromatic N) is 2. The van der Waals surface area contributed by atoms with Gasteiger partial charge in [-0.25, -0.2) is 0 Å². The van der Waals surface area contributed by atoms with Crippen LogP contribution in [0, 0.1) is 16.0 Å². The number of halogens is 2. The van der Waals surface area contributed by atoms with Gasteiger partial charge in [0.05, 0.1) is 12.0 Å². The zero-order valence-electron chi connectivity index (χ0n) is 14.7. The maximum Gasteiger partial charge on any atom is 0.314 e. The third-order valence-corrected chi connectivity index (χ3v) is 4.17. The van der Waals surface area contributed by atoms with E-state index in [1.807, 2.05) is 0 Å². The predicted molar refractivity (Wildman–Crippen MR) is 102 cm³/mol. The van der Waals surface area contributed by atoms with Gasteiger partial charge in [-0.15, -0.1) is 24.8 Å². The first-order chi connectivity index (χ1) is 10.9. The van der Waals surface area contributed by atoms with Crippen molar-refractivity contribution in [3.05, 3.63) is 27.8 Å². The molecule has 0 aromatic heterocycles. The van der Waals surface area contributed by atoms with Crippen LogP contribution in [0.5, 0.6) is 11.5 Å². The van der Waals surface area contributed by atoms with E-state index < -0.39 is 10.7 Å². The number of aromatic hydroxyl groups is 1. The molecule has 1 aliphatic heterocycles. The molecular formula is C16H27Cl2N3O4. The van der Waals surface area contributed by atoms with Crippen molar-refractivity contribution in [3.8, 4) is 11.5 Å². The SMILES string of the molecule is COc1cc([C@@H](CC(C)C)N2CCNCC2)cc([N+](=O)[O-])c1O.Cl.Cl. The number of rotatable bonds is 6. The molecule has 1 aliphatic rings. The van der Waals surface area contributed by atoms with E-state index in [0.717, 1.165) is 38.2 Å². The Morgan fingerprint density at radius 3 is 2.40 bits per heavy atom. The van der Waals surface area contributed by atoms with Crippen molar-refractivity contribution in [2.75, 3.05) is 33.3 Å². The van der Waals surface area contributed by atoms with E-state index in [9.17, 15) is 15.2 Å². The van der Waals surface area contributed by atoms with E-state index in [2.05, 4.69) is 24.1 Å². The van der Waals surface area contributed by atoms with Gasteiger partial charge in [0.1, 0.15) is 0 Å². The van der Waals surface area contributed by atoms with Gasteiger partial charge < -0.3 is 15.2 Å². The number of methoxy groups -OCH3 is 1. The van der Waals surface area contributed by atoms with Crippen LogP contribution in [-0.4, -0.2) is 48.2 Å². The van der Waals surface area contributed by atoms with Crippen LogP contribution in [0.15, 0.2) is 12.1 Å². The fraction of sp³-hybridized carbons (Fsp3) is 0.625. The molecule has 144 valence electrons. The minimum atomic E-state index is -0.564. The van der Waals surface area contributed by atoms with Gasteiger partial charge in [-0.2, -0.15) is 0 Å². The summed E-state index contributed by atoms with van der Waals surface area (Å²) in [6, 6.07) is 3.27. The lowest BCUT2D eigenvalue weighted by Crippen LogP contribution is -2.45. The summed E-state index contributed by atoms with van der Waals surface area (Å²) in [6.45, 7) is 7.89. The van der Waals surface area contributed by atoms with Crippen molar-refractivity contribution in [2.45, 2.75) is 26.3 Å². The molecule has 0 radical (unpaired) electrons. The number of hydrogen-bond donors (Lipinski definition) is 2. The molecule has 0 saturated carbocycles. The van der Waals surface area contributed by atoms with E-state index >= 15 is 0 Å². The average molecular weight is 396 g/mol. The molecule has 1 saturated heterocycles. The normalized spacial score (nSPS) is 15.8. The predicted octanol–water partition coefficient (Wildman–Crippen LogP) is 3.15. The molecule has 2 N–H and O–H groups in total. The summed E-state index contributed by atoms with van der Waals surface area (Å²) >= 11 is 0. The average Bonchev–Trinajstić information content (AvgIpc) is 2.53. The van der Waals surface area contributed by atoms with Gasteiger partial charge in [0.2, 0.25) is 5.75 Å². The number of phenols is 1. The second-order valence-corrected chi connectivity index (χ2v) is 6.28. The van der Waals surface area contributed by atoms with Crippen molar-refractivity contribution in [2.24, 2.45) is 5.92 Å². The minimum absolute atomic E-state index is 0. The number of nitro groups is 1. The van der Waals surface area contributed by atoms with Crippen molar-refractivity contribution in [1.29, 1.82) is 0 Å². The highest BCUT2D eigenvalue weighted by Crippen LogP contribution is 2.40. The van der Waals surface area contributed by atoms with E-state index in [-0.39, 0.29) is 42.3 Å². The van der Waals surface area contributed by atoms with Gasteiger partial charge in [-0.05, 0) is 24.0 Å². The highest BCUT2D eigenvalue weighted by atomic mass is 35.5. The number of nitro benzene ring substituents is 1. The minimum Gasteiger partial charge on any atom is -0.500 e. The summed E-state index contributed by atoms with van der Waals surface area (Å²) in [7, 11) is 1.41. The highest BCUT2D eigenvalue weighted by Gasteiger charge is 2.28. The van der Waals surface area contributed by atoms with Gasteiger partial charge in [-0.3, -0.25) is 15.0 Å². The standard InChI is InChI=1S/C16H25N3O4.2ClH/c1-11(2)8-13(18-6-4-17-5-7-18)12-9-14(19(21)22)16(20)15(10-12)23-3;;/h9-11,13,17,20H,4-8H2,1-3H3;2*1H/t13-;;/m1../s1. The summed E-state index contributed by atoms with van der Waals surface area (Å²) in [4.78, 5) is 13.0. The molecule has 9 heteroatoms. The molecule has 1 atom stereocenters. The number of ether oxygens (including phenoxy) is 1. The first-order valence-corrected chi connectivity index (χ1v) is 7.94. The topological polar surface area (TPSA) is 87.9 Å². The summed E-state index contributed by atoms with van der Waals surface area (Å²) < 4.78 is 5.13. The summed E-state index contributed by atoms with van der Waals surface area (Å²) in [5.41, 5.74) is 0.519. The molecule has 0 amide bonds. The second kappa shape index (κ2) is 10.7. The lowest BCUT2D eigenvalue weighted by atomic mass is 9.94. The molecule has 1 fully saturated rings. The quantitative estimate of drug-likeness (QED) is 0.568. The Morgan fingerprint density at radius 1 is 1.32 bits per heavy atom. The molecule has 1 aromatic rings. The smallest absolute Gasteiger partial charge is 0.314 e. The second-order valence-electron chi connectivity index (χ2n) is 6.28. The molecule has 7 nitrogen and oxygen atoms in total. The molecule has 0 unspecified atom stereocenters. The van der Waals surface area contributed by atoms with Crippen LogP contribution in [0.4, 0.5) is 5.69 Å². The van der Waals surface area contributed by atoms with Crippen molar-refractivity contribution in [1.82, 2.24) is 10.2 Å². The van der Waals surface area contributed by atoms with Crippen LogP contribution < -0.4 is 10.1 Å². The van der Waals surface area contributed by atoms with Gasteiger partial charge in [0.25, 0.3) is 0 Å². The molecule has 0 spiro atoms. The highest BCUT2D eigenvalue weighted by molar-refractivity contribution is 5.85. The number of hydrogen-bond acceptors (Lipinski definition) is 6. The maximum atomic E-state index is 11.2. The molecule has 1 aromatic carbocycles. The fourth-order valence-corrected chi connectivity index (χ4v) is 3.04. The van der Waals surface area contributed by atoms with Gasteiger partial charge in [0.15, 0.2) is 5.75 Å². The van der Waals surface area contributed by atoms with Crippen molar-refractivity contribution < 1.29 is 14.8 Å². The summed E-state index contributed by atoms with van der Waals surface area (Å²) in [5.74, 6) is 0.191. The monoisotopic (exact) mass is 395 g/mol. The first kappa shape index (κ1) is 23.7. The van der Waals surface area contributed by atoms with Gasteiger partial charge >= 0.3 is 5.69 Å². The van der Waals surface area contributed by atoms with E-state index in [1.54, 1.807) is 6.07 Å². The van der Waals surface area contributed by atoms with Crippen LogP contribution in [0.2, 0.25) is 0 Å². The maximum absolute atomic E-state index is 11.2. The summed E-state index contributed by atoms with van der Waals surface area (Å²) in [5, 5.41) is 24.5. The first-order valence-electron chi connectivity index (χ1n) is 7.94. The third kappa shape index (κ3) is 5.88. The molecule has 2 rings (SSSR count). The summed E-state index contributed by atoms with van der Waals surface area (Å²) in [6.07, 6.45) is 0.894. The Labute approximate surface area is 160 Å². The van der Waals surface area contributed by atoms with Crippen LogP contribution in [0.1, 0.15) is 31.9 Å².